The highest BCUT2D eigenvalue weighted by atomic mass is 14.7. The van der Waals surface area contributed by atoms with Crippen LogP contribution in [0.25, 0.3) is 33.3 Å². The van der Waals surface area contributed by atoms with Crippen LogP contribution in [-0.2, 0) is 0 Å². The van der Waals surface area contributed by atoms with Crippen molar-refractivity contribution in [1.29, 1.82) is 0 Å². The third kappa shape index (κ3) is 2.62. The van der Waals surface area contributed by atoms with Gasteiger partial charge in [-0.3, -0.25) is 0 Å². The van der Waals surface area contributed by atoms with E-state index in [1.165, 1.54) is 22.1 Å². The molecule has 0 saturated heterocycles. The lowest BCUT2D eigenvalue weighted by Crippen LogP contribution is -1.86. The predicted octanol–water partition coefficient (Wildman–Crippen LogP) is 5.88. The zero-order chi connectivity index (χ0) is 15.6. The minimum atomic E-state index is 1.01. The summed E-state index contributed by atoms with van der Waals surface area (Å²) < 4.78 is 0. The Morgan fingerprint density at radius 3 is 2.13 bits per heavy atom. The van der Waals surface area contributed by atoms with Gasteiger partial charge in [-0.2, -0.15) is 0 Å². The van der Waals surface area contributed by atoms with E-state index < -0.39 is 0 Å². The fourth-order valence-electron chi connectivity index (χ4n) is 2.94. The first-order chi connectivity index (χ1) is 11.3. The molecule has 0 aliphatic carbocycles. The summed E-state index contributed by atoms with van der Waals surface area (Å²) in [5.41, 5.74) is 7.02. The zero-order valence-corrected chi connectivity index (χ0v) is 13.0. The Labute approximate surface area is 136 Å². The van der Waals surface area contributed by atoms with Gasteiger partial charge in [0.25, 0.3) is 0 Å². The lowest BCUT2D eigenvalue weighted by Gasteiger charge is -2.08. The van der Waals surface area contributed by atoms with E-state index in [9.17, 15) is 0 Å². The second-order valence-electron chi connectivity index (χ2n) is 5.78. The first-order valence-electron chi connectivity index (χ1n) is 7.83. The smallest absolute Gasteiger partial charge is 0.0709 e. The molecule has 23 heavy (non-hydrogen) atoms. The molecule has 0 fully saturated rings. The van der Waals surface area contributed by atoms with Crippen LogP contribution >= 0.6 is 0 Å². The van der Waals surface area contributed by atoms with Gasteiger partial charge >= 0.3 is 0 Å². The number of fused-ring (bicyclic) bond motifs is 1. The van der Waals surface area contributed by atoms with Gasteiger partial charge in [-0.25, -0.2) is 4.98 Å². The average Bonchev–Trinajstić information content (AvgIpc) is 2.62. The lowest BCUT2D eigenvalue weighted by molar-refractivity contribution is 1.40. The predicted molar refractivity (Wildman–Crippen MR) is 97.4 cm³/mol. The largest absolute Gasteiger partial charge is 0.248 e. The van der Waals surface area contributed by atoms with Crippen molar-refractivity contribution in [2.75, 3.05) is 0 Å². The number of para-hydroxylation sites is 1. The van der Waals surface area contributed by atoms with E-state index in [1.54, 1.807) is 0 Å². The molecule has 1 heterocycles. The van der Waals surface area contributed by atoms with Crippen molar-refractivity contribution >= 4 is 10.9 Å². The van der Waals surface area contributed by atoms with E-state index in [0.717, 1.165) is 16.8 Å². The van der Waals surface area contributed by atoms with Gasteiger partial charge in [-0.1, -0.05) is 72.8 Å². The summed E-state index contributed by atoms with van der Waals surface area (Å²) in [6.45, 7) is 2.15. The van der Waals surface area contributed by atoms with Crippen molar-refractivity contribution in [3.63, 3.8) is 0 Å². The second kappa shape index (κ2) is 5.69. The number of aromatic nitrogens is 1. The summed E-state index contributed by atoms with van der Waals surface area (Å²) >= 11 is 0. The minimum Gasteiger partial charge on any atom is -0.248 e. The standard InChI is InChI=1S/C22H17N/c1-16-6-2-4-8-20(16)17-10-12-19(13-11-17)22-15-14-18-7-3-5-9-21(18)23-22/h2-15H,1H3. The summed E-state index contributed by atoms with van der Waals surface area (Å²) in [6, 6.07) is 29.6. The molecule has 0 N–H and O–H groups in total. The number of hydrogen-bond acceptors (Lipinski definition) is 1. The van der Waals surface area contributed by atoms with Crippen molar-refractivity contribution in [3.8, 4) is 22.4 Å². The highest BCUT2D eigenvalue weighted by Crippen LogP contribution is 2.27. The van der Waals surface area contributed by atoms with E-state index in [1.807, 2.05) is 12.1 Å². The van der Waals surface area contributed by atoms with Crippen LogP contribution in [0.4, 0.5) is 0 Å². The average molecular weight is 295 g/mol. The minimum absolute atomic E-state index is 1.01. The maximum absolute atomic E-state index is 4.77. The fraction of sp³-hybridized carbons (Fsp3) is 0.0455. The Hall–Kier alpha value is -2.93. The van der Waals surface area contributed by atoms with E-state index >= 15 is 0 Å². The summed E-state index contributed by atoms with van der Waals surface area (Å²) in [6.07, 6.45) is 0. The number of pyridine rings is 1. The Balaban J connectivity index is 1.73. The SMILES string of the molecule is Cc1ccccc1-c1ccc(-c2ccc3ccccc3n2)cc1. The number of hydrogen-bond donors (Lipinski definition) is 0. The monoisotopic (exact) mass is 295 g/mol. The van der Waals surface area contributed by atoms with E-state index in [2.05, 4.69) is 79.7 Å². The molecule has 4 aromatic rings. The number of benzene rings is 3. The Bertz CT molecular complexity index is 968. The highest BCUT2D eigenvalue weighted by Gasteiger charge is 2.04. The Morgan fingerprint density at radius 2 is 1.30 bits per heavy atom. The molecule has 0 spiro atoms. The Morgan fingerprint density at radius 1 is 0.609 bits per heavy atom. The summed E-state index contributed by atoms with van der Waals surface area (Å²) in [5, 5.41) is 1.17. The van der Waals surface area contributed by atoms with Crippen molar-refractivity contribution in [1.82, 2.24) is 4.98 Å². The topological polar surface area (TPSA) is 12.9 Å². The third-order valence-electron chi connectivity index (χ3n) is 4.24. The maximum Gasteiger partial charge on any atom is 0.0709 e. The summed E-state index contributed by atoms with van der Waals surface area (Å²) in [4.78, 5) is 4.77. The molecule has 3 aromatic carbocycles. The van der Waals surface area contributed by atoms with Gasteiger partial charge in [0.15, 0.2) is 0 Å². The Kier molecular flexibility index (Phi) is 3.39. The molecule has 110 valence electrons. The van der Waals surface area contributed by atoms with Crippen LogP contribution in [0.2, 0.25) is 0 Å². The first-order valence-corrected chi connectivity index (χ1v) is 7.83. The van der Waals surface area contributed by atoms with Gasteiger partial charge in [0, 0.05) is 10.9 Å². The molecule has 1 aromatic heterocycles. The molecule has 1 nitrogen and oxygen atoms in total. The maximum atomic E-state index is 4.77. The van der Waals surface area contributed by atoms with Gasteiger partial charge in [0.1, 0.15) is 0 Å². The van der Waals surface area contributed by atoms with Gasteiger partial charge in [0.2, 0.25) is 0 Å². The molecule has 0 bridgehead atoms. The van der Waals surface area contributed by atoms with Crippen LogP contribution in [0, 0.1) is 6.92 Å². The van der Waals surface area contributed by atoms with Crippen molar-refractivity contribution in [2.45, 2.75) is 6.92 Å². The van der Waals surface area contributed by atoms with Gasteiger partial charge < -0.3 is 0 Å². The molecule has 0 unspecified atom stereocenters. The highest BCUT2D eigenvalue weighted by molar-refractivity contribution is 5.81. The van der Waals surface area contributed by atoms with Crippen molar-refractivity contribution in [3.05, 3.63) is 90.5 Å². The molecule has 0 amide bonds. The number of aryl methyl sites for hydroxylation is 1. The molecule has 0 atom stereocenters. The molecule has 0 aliphatic heterocycles. The second-order valence-corrected chi connectivity index (χ2v) is 5.78. The van der Waals surface area contributed by atoms with Crippen LogP contribution < -0.4 is 0 Å². The van der Waals surface area contributed by atoms with E-state index in [4.69, 9.17) is 4.98 Å². The van der Waals surface area contributed by atoms with Crippen molar-refractivity contribution < 1.29 is 0 Å². The molecular weight excluding hydrogens is 278 g/mol. The number of nitrogens with zero attached hydrogens (tertiary/aromatic N) is 1. The molecule has 4 rings (SSSR count). The van der Waals surface area contributed by atoms with Crippen molar-refractivity contribution in [2.24, 2.45) is 0 Å². The summed E-state index contributed by atoms with van der Waals surface area (Å²) in [7, 11) is 0. The van der Waals surface area contributed by atoms with E-state index in [-0.39, 0.29) is 0 Å². The van der Waals surface area contributed by atoms with Crippen LogP contribution in [0.5, 0.6) is 0 Å². The normalized spacial score (nSPS) is 10.8. The number of rotatable bonds is 2. The molecule has 0 aliphatic rings. The molecule has 1 heteroatoms. The van der Waals surface area contributed by atoms with Crippen LogP contribution in [0.15, 0.2) is 84.9 Å². The molecule has 0 radical (unpaired) electrons. The summed E-state index contributed by atoms with van der Waals surface area (Å²) in [5.74, 6) is 0. The quantitative estimate of drug-likeness (QED) is 0.450. The van der Waals surface area contributed by atoms with Gasteiger partial charge in [0.05, 0.1) is 11.2 Å². The van der Waals surface area contributed by atoms with Gasteiger partial charge in [-0.15, -0.1) is 0 Å². The van der Waals surface area contributed by atoms with Crippen LogP contribution in [0.3, 0.4) is 0 Å². The molecular formula is C22H17N. The fourth-order valence-corrected chi connectivity index (χ4v) is 2.94. The first kappa shape index (κ1) is 13.7. The third-order valence-corrected chi connectivity index (χ3v) is 4.24. The molecule has 0 saturated carbocycles. The lowest BCUT2D eigenvalue weighted by atomic mass is 9.99. The van der Waals surface area contributed by atoms with Crippen LogP contribution in [-0.4, -0.2) is 4.98 Å². The van der Waals surface area contributed by atoms with Gasteiger partial charge in [-0.05, 0) is 35.7 Å². The van der Waals surface area contributed by atoms with Crippen LogP contribution in [0.1, 0.15) is 5.56 Å². The zero-order valence-electron chi connectivity index (χ0n) is 13.0. The van der Waals surface area contributed by atoms with E-state index in [0.29, 0.717) is 0 Å².